The minimum atomic E-state index is 0.0217. The summed E-state index contributed by atoms with van der Waals surface area (Å²) in [6.07, 6.45) is 0. The largest absolute Gasteiger partial charge is 0.311 e. The van der Waals surface area contributed by atoms with Gasteiger partial charge in [0.2, 0.25) is 5.91 Å². The Bertz CT molecular complexity index is 382. The summed E-state index contributed by atoms with van der Waals surface area (Å²) < 4.78 is 0. The first-order valence-electron chi connectivity index (χ1n) is 6.44. The fourth-order valence-electron chi connectivity index (χ4n) is 1.70. The first-order valence-corrected chi connectivity index (χ1v) is 6.44. The molecule has 3 heteroatoms. The molecule has 1 rings (SSSR count). The van der Waals surface area contributed by atoms with Crippen LogP contribution < -0.4 is 4.90 Å². The van der Waals surface area contributed by atoms with Crippen LogP contribution in [0, 0.1) is 12.8 Å². The maximum absolute atomic E-state index is 12.2. The number of aryl methyl sites for hydroxylation is 1. The molecule has 0 aliphatic carbocycles. The summed E-state index contributed by atoms with van der Waals surface area (Å²) in [6, 6.07) is 8.13. The van der Waals surface area contributed by atoms with E-state index in [9.17, 15) is 4.79 Å². The minimum absolute atomic E-state index is 0.0217. The van der Waals surface area contributed by atoms with Crippen molar-refractivity contribution < 1.29 is 4.79 Å². The lowest BCUT2D eigenvalue weighted by molar-refractivity contribution is -0.121. The van der Waals surface area contributed by atoms with Crippen LogP contribution >= 0.6 is 0 Å². The van der Waals surface area contributed by atoms with Gasteiger partial charge in [-0.05, 0) is 33.2 Å². The van der Waals surface area contributed by atoms with Crippen molar-refractivity contribution in [2.45, 2.75) is 20.8 Å². The van der Waals surface area contributed by atoms with Gasteiger partial charge in [-0.2, -0.15) is 0 Å². The molecule has 0 saturated carbocycles. The maximum Gasteiger partial charge on any atom is 0.229 e. The number of hydrogen-bond acceptors (Lipinski definition) is 2. The van der Waals surface area contributed by atoms with Crippen LogP contribution in [0.3, 0.4) is 0 Å². The molecule has 1 aromatic rings. The second-order valence-corrected chi connectivity index (χ2v) is 5.28. The molecule has 3 nitrogen and oxygen atoms in total. The van der Waals surface area contributed by atoms with Crippen LogP contribution in [0.15, 0.2) is 24.3 Å². The van der Waals surface area contributed by atoms with Crippen LogP contribution in [0.1, 0.15) is 19.4 Å². The molecular weight excluding hydrogens is 224 g/mol. The maximum atomic E-state index is 12.2. The highest BCUT2D eigenvalue weighted by molar-refractivity contribution is 5.94. The van der Waals surface area contributed by atoms with Crippen LogP contribution in [0.5, 0.6) is 0 Å². The van der Waals surface area contributed by atoms with Crippen LogP contribution in [0.2, 0.25) is 0 Å². The molecule has 0 radical (unpaired) electrons. The van der Waals surface area contributed by atoms with Crippen LogP contribution in [-0.4, -0.2) is 38.0 Å². The standard InChI is InChI=1S/C15H24N2O/c1-12(2)15(18)17(11-10-16(4)5)14-8-6-13(3)7-9-14/h6-9,12H,10-11H2,1-5H3. The molecule has 0 aliphatic heterocycles. The van der Waals surface area contributed by atoms with Crippen molar-refractivity contribution in [3.05, 3.63) is 29.8 Å². The Kier molecular flexibility index (Phi) is 5.35. The molecule has 100 valence electrons. The van der Waals surface area contributed by atoms with Crippen LogP contribution in [-0.2, 0) is 4.79 Å². The van der Waals surface area contributed by atoms with Gasteiger partial charge in [0.05, 0.1) is 0 Å². The Hall–Kier alpha value is -1.35. The molecule has 0 N–H and O–H groups in total. The summed E-state index contributed by atoms with van der Waals surface area (Å²) in [5, 5.41) is 0. The molecular formula is C15H24N2O. The zero-order chi connectivity index (χ0) is 13.7. The van der Waals surface area contributed by atoms with E-state index in [4.69, 9.17) is 0 Å². The summed E-state index contributed by atoms with van der Waals surface area (Å²) in [5.41, 5.74) is 2.20. The van der Waals surface area contributed by atoms with E-state index >= 15 is 0 Å². The number of hydrogen-bond donors (Lipinski definition) is 0. The first-order chi connectivity index (χ1) is 8.41. The molecule has 1 amide bonds. The van der Waals surface area contributed by atoms with Gasteiger partial charge < -0.3 is 9.80 Å². The number of likely N-dealkylation sites (N-methyl/N-ethyl adjacent to an activating group) is 1. The van der Waals surface area contributed by atoms with Crippen molar-refractivity contribution >= 4 is 11.6 Å². The van der Waals surface area contributed by atoms with E-state index in [0.29, 0.717) is 0 Å². The van der Waals surface area contributed by atoms with Gasteiger partial charge in [-0.15, -0.1) is 0 Å². The number of anilines is 1. The molecule has 0 unspecified atom stereocenters. The zero-order valence-electron chi connectivity index (χ0n) is 12.1. The number of benzene rings is 1. The number of amides is 1. The molecule has 18 heavy (non-hydrogen) atoms. The molecule has 0 atom stereocenters. The summed E-state index contributed by atoms with van der Waals surface area (Å²) in [5.74, 6) is 0.203. The fourth-order valence-corrected chi connectivity index (χ4v) is 1.70. The highest BCUT2D eigenvalue weighted by Gasteiger charge is 2.18. The molecule has 0 bridgehead atoms. The minimum Gasteiger partial charge on any atom is -0.311 e. The summed E-state index contributed by atoms with van der Waals surface area (Å²) in [4.78, 5) is 16.2. The third-order valence-corrected chi connectivity index (χ3v) is 2.88. The van der Waals surface area contributed by atoms with Gasteiger partial charge in [-0.3, -0.25) is 4.79 Å². The van der Waals surface area contributed by atoms with Crippen molar-refractivity contribution in [2.24, 2.45) is 5.92 Å². The summed E-state index contributed by atoms with van der Waals surface area (Å²) >= 11 is 0. The van der Waals surface area contributed by atoms with E-state index in [1.54, 1.807) is 0 Å². The van der Waals surface area contributed by atoms with Crippen molar-refractivity contribution in [1.82, 2.24) is 4.90 Å². The second-order valence-electron chi connectivity index (χ2n) is 5.28. The lowest BCUT2D eigenvalue weighted by atomic mass is 10.1. The van der Waals surface area contributed by atoms with E-state index in [1.165, 1.54) is 5.56 Å². The van der Waals surface area contributed by atoms with E-state index in [2.05, 4.69) is 11.8 Å². The van der Waals surface area contributed by atoms with Gasteiger partial charge in [0.1, 0.15) is 0 Å². The molecule has 1 aromatic carbocycles. The summed E-state index contributed by atoms with van der Waals surface area (Å²) in [6.45, 7) is 7.54. The van der Waals surface area contributed by atoms with Crippen molar-refractivity contribution in [3.63, 3.8) is 0 Å². The third kappa shape index (κ3) is 4.15. The second kappa shape index (κ2) is 6.55. The normalized spacial score (nSPS) is 11.1. The highest BCUT2D eigenvalue weighted by Crippen LogP contribution is 2.17. The quantitative estimate of drug-likeness (QED) is 0.799. The van der Waals surface area contributed by atoms with E-state index in [0.717, 1.165) is 18.8 Å². The summed E-state index contributed by atoms with van der Waals surface area (Å²) in [7, 11) is 4.04. The van der Waals surface area contributed by atoms with Gasteiger partial charge in [-0.25, -0.2) is 0 Å². The Balaban J connectivity index is 2.89. The lowest BCUT2D eigenvalue weighted by Crippen LogP contribution is -2.39. The average molecular weight is 248 g/mol. The molecule has 0 saturated heterocycles. The molecule has 0 aliphatic rings. The van der Waals surface area contributed by atoms with Crippen molar-refractivity contribution in [2.75, 3.05) is 32.1 Å². The van der Waals surface area contributed by atoms with Crippen molar-refractivity contribution in [1.29, 1.82) is 0 Å². The average Bonchev–Trinajstić information content (AvgIpc) is 2.30. The van der Waals surface area contributed by atoms with Gasteiger partial charge in [0, 0.05) is 24.7 Å². The topological polar surface area (TPSA) is 23.6 Å². The number of rotatable bonds is 5. The molecule has 0 aromatic heterocycles. The van der Waals surface area contributed by atoms with Gasteiger partial charge in [0.15, 0.2) is 0 Å². The zero-order valence-corrected chi connectivity index (χ0v) is 12.1. The Labute approximate surface area is 110 Å². The Morgan fingerprint density at radius 3 is 2.11 bits per heavy atom. The van der Waals surface area contributed by atoms with Gasteiger partial charge in [-0.1, -0.05) is 31.5 Å². The molecule has 0 spiro atoms. The number of carbonyl (C=O) groups excluding carboxylic acids is 1. The predicted molar refractivity (Wildman–Crippen MR) is 76.9 cm³/mol. The van der Waals surface area contributed by atoms with E-state index in [1.807, 2.05) is 57.1 Å². The van der Waals surface area contributed by atoms with E-state index < -0.39 is 0 Å². The third-order valence-electron chi connectivity index (χ3n) is 2.88. The van der Waals surface area contributed by atoms with E-state index in [-0.39, 0.29) is 11.8 Å². The lowest BCUT2D eigenvalue weighted by Gasteiger charge is -2.26. The predicted octanol–water partition coefficient (Wildman–Crippen LogP) is 2.55. The van der Waals surface area contributed by atoms with Crippen LogP contribution in [0.25, 0.3) is 0 Å². The number of nitrogens with zero attached hydrogens (tertiary/aromatic N) is 2. The Morgan fingerprint density at radius 1 is 1.11 bits per heavy atom. The number of carbonyl (C=O) groups is 1. The smallest absolute Gasteiger partial charge is 0.229 e. The first kappa shape index (κ1) is 14.7. The van der Waals surface area contributed by atoms with Gasteiger partial charge in [0.25, 0.3) is 0 Å². The Morgan fingerprint density at radius 2 is 1.67 bits per heavy atom. The molecule has 0 heterocycles. The van der Waals surface area contributed by atoms with Crippen LogP contribution in [0.4, 0.5) is 5.69 Å². The monoisotopic (exact) mass is 248 g/mol. The van der Waals surface area contributed by atoms with Gasteiger partial charge >= 0.3 is 0 Å². The van der Waals surface area contributed by atoms with Crippen molar-refractivity contribution in [3.8, 4) is 0 Å². The fraction of sp³-hybridized carbons (Fsp3) is 0.533. The SMILES string of the molecule is Cc1ccc(N(CCN(C)C)C(=O)C(C)C)cc1. The highest BCUT2D eigenvalue weighted by atomic mass is 16.2. The molecule has 0 fully saturated rings.